The highest BCUT2D eigenvalue weighted by Gasteiger charge is 2.33. The van der Waals surface area contributed by atoms with Crippen LogP contribution in [-0.4, -0.2) is 24.8 Å². The third-order valence-electron chi connectivity index (χ3n) is 3.77. The molecule has 1 heterocycles. The summed E-state index contributed by atoms with van der Waals surface area (Å²) in [5, 5.41) is 3.64. The number of nitrogens with one attached hydrogen (secondary N) is 1. The fraction of sp³-hybridized carbons (Fsp3) is 0.857. The van der Waals surface area contributed by atoms with Gasteiger partial charge in [-0.15, -0.1) is 6.58 Å². The first kappa shape index (κ1) is 13.7. The van der Waals surface area contributed by atoms with E-state index in [0.29, 0.717) is 6.04 Å². The summed E-state index contributed by atoms with van der Waals surface area (Å²) in [4.78, 5) is 0. The lowest BCUT2D eigenvalue weighted by atomic mass is 9.86. The van der Waals surface area contributed by atoms with Gasteiger partial charge in [0.1, 0.15) is 0 Å². The maximum absolute atomic E-state index is 5.96. The Bertz CT molecular complexity index is 221. The van der Waals surface area contributed by atoms with Crippen molar-refractivity contribution in [2.75, 3.05) is 13.2 Å². The van der Waals surface area contributed by atoms with Crippen LogP contribution in [0.4, 0.5) is 0 Å². The quantitative estimate of drug-likeness (QED) is 0.700. The van der Waals surface area contributed by atoms with Gasteiger partial charge in [-0.25, -0.2) is 0 Å². The summed E-state index contributed by atoms with van der Waals surface area (Å²) in [6.07, 6.45) is 5.65. The molecule has 1 unspecified atom stereocenters. The Hall–Kier alpha value is -0.340. The van der Waals surface area contributed by atoms with E-state index in [1.54, 1.807) is 0 Å². The zero-order valence-electron chi connectivity index (χ0n) is 11.1. The molecule has 1 fully saturated rings. The summed E-state index contributed by atoms with van der Waals surface area (Å²) in [6, 6.07) is 0.632. The molecule has 16 heavy (non-hydrogen) atoms. The second-order valence-electron chi connectivity index (χ2n) is 5.09. The highest BCUT2D eigenvalue weighted by atomic mass is 16.5. The molecule has 1 N–H and O–H groups in total. The van der Waals surface area contributed by atoms with E-state index in [4.69, 9.17) is 4.74 Å². The Morgan fingerprint density at radius 3 is 2.69 bits per heavy atom. The summed E-state index contributed by atoms with van der Waals surface area (Å²) in [7, 11) is 0. The molecule has 0 saturated carbocycles. The van der Waals surface area contributed by atoms with Crippen LogP contribution in [0.1, 0.15) is 52.9 Å². The fourth-order valence-corrected chi connectivity index (χ4v) is 2.43. The van der Waals surface area contributed by atoms with Crippen LogP contribution < -0.4 is 5.32 Å². The molecule has 0 bridgehead atoms. The summed E-state index contributed by atoms with van der Waals surface area (Å²) in [5.74, 6) is 0. The maximum atomic E-state index is 5.96. The second-order valence-corrected chi connectivity index (χ2v) is 5.09. The second kappa shape index (κ2) is 6.41. The van der Waals surface area contributed by atoms with E-state index >= 15 is 0 Å². The highest BCUT2D eigenvalue weighted by Crippen LogP contribution is 2.31. The molecular formula is C14H27NO. The Morgan fingerprint density at radius 1 is 1.44 bits per heavy atom. The largest absolute Gasteiger partial charge is 0.375 e. The van der Waals surface area contributed by atoms with Gasteiger partial charge in [0.15, 0.2) is 0 Å². The lowest BCUT2D eigenvalue weighted by molar-refractivity contribution is -0.0929. The predicted octanol–water partition coefficient (Wildman–Crippen LogP) is 3.28. The Balaban J connectivity index is 2.35. The minimum atomic E-state index is 0.138. The molecule has 1 rings (SSSR count). The first-order valence-electron chi connectivity index (χ1n) is 6.63. The zero-order chi connectivity index (χ0) is 12.0. The molecule has 0 spiro atoms. The predicted molar refractivity (Wildman–Crippen MR) is 69.7 cm³/mol. The van der Waals surface area contributed by atoms with Gasteiger partial charge in [0, 0.05) is 12.6 Å². The number of hydrogen-bond acceptors (Lipinski definition) is 2. The molecule has 2 nitrogen and oxygen atoms in total. The van der Waals surface area contributed by atoms with Crippen LogP contribution in [0.5, 0.6) is 0 Å². The maximum Gasteiger partial charge on any atom is 0.0692 e. The van der Waals surface area contributed by atoms with Gasteiger partial charge in [-0.1, -0.05) is 19.4 Å². The van der Waals surface area contributed by atoms with Crippen molar-refractivity contribution in [2.45, 2.75) is 64.5 Å². The van der Waals surface area contributed by atoms with Crippen molar-refractivity contribution in [3.8, 4) is 0 Å². The standard InChI is InChI=1S/C14H27NO/c1-5-14(6-2)11-13(8-10-16-14)15-9-7-12(3)4/h13,15H,3,5-11H2,1-2,4H3. The third kappa shape index (κ3) is 3.91. The van der Waals surface area contributed by atoms with E-state index in [1.165, 1.54) is 5.57 Å². The van der Waals surface area contributed by atoms with Crippen molar-refractivity contribution >= 4 is 0 Å². The number of hydrogen-bond donors (Lipinski definition) is 1. The van der Waals surface area contributed by atoms with Crippen LogP contribution >= 0.6 is 0 Å². The van der Waals surface area contributed by atoms with Crippen LogP contribution in [0.25, 0.3) is 0 Å². The van der Waals surface area contributed by atoms with E-state index in [2.05, 4.69) is 32.7 Å². The van der Waals surface area contributed by atoms with Crippen molar-refractivity contribution < 1.29 is 4.74 Å². The van der Waals surface area contributed by atoms with Gasteiger partial charge in [-0.2, -0.15) is 0 Å². The van der Waals surface area contributed by atoms with Gasteiger partial charge in [0.25, 0.3) is 0 Å². The van der Waals surface area contributed by atoms with Crippen LogP contribution in [0.2, 0.25) is 0 Å². The van der Waals surface area contributed by atoms with Crippen molar-refractivity contribution in [3.05, 3.63) is 12.2 Å². The summed E-state index contributed by atoms with van der Waals surface area (Å²) >= 11 is 0. The first-order valence-corrected chi connectivity index (χ1v) is 6.63. The molecule has 1 saturated heterocycles. The molecule has 0 aromatic rings. The molecule has 94 valence electrons. The van der Waals surface area contributed by atoms with E-state index < -0.39 is 0 Å². The molecular weight excluding hydrogens is 198 g/mol. The first-order chi connectivity index (χ1) is 7.62. The van der Waals surface area contributed by atoms with E-state index in [0.717, 1.165) is 45.3 Å². The number of rotatable bonds is 6. The van der Waals surface area contributed by atoms with Gasteiger partial charge in [0.2, 0.25) is 0 Å². The van der Waals surface area contributed by atoms with E-state index in [1.807, 2.05) is 0 Å². The molecule has 0 aromatic heterocycles. The van der Waals surface area contributed by atoms with Crippen molar-refractivity contribution in [1.82, 2.24) is 5.32 Å². The minimum absolute atomic E-state index is 0.138. The molecule has 0 aliphatic carbocycles. The van der Waals surface area contributed by atoms with Gasteiger partial charge in [-0.05, 0) is 45.6 Å². The van der Waals surface area contributed by atoms with Gasteiger partial charge >= 0.3 is 0 Å². The topological polar surface area (TPSA) is 21.3 Å². The molecule has 2 heteroatoms. The highest BCUT2D eigenvalue weighted by molar-refractivity contribution is 4.91. The third-order valence-corrected chi connectivity index (χ3v) is 3.77. The summed E-state index contributed by atoms with van der Waals surface area (Å²) in [6.45, 7) is 12.5. The molecule has 0 aromatic carbocycles. The summed E-state index contributed by atoms with van der Waals surface area (Å²) in [5.41, 5.74) is 1.40. The molecule has 1 atom stereocenters. The zero-order valence-corrected chi connectivity index (χ0v) is 11.1. The molecule has 1 aliphatic rings. The van der Waals surface area contributed by atoms with Crippen LogP contribution in [0, 0.1) is 0 Å². The van der Waals surface area contributed by atoms with Crippen LogP contribution in [0.15, 0.2) is 12.2 Å². The lowest BCUT2D eigenvalue weighted by Gasteiger charge is -2.40. The van der Waals surface area contributed by atoms with Crippen molar-refractivity contribution in [2.24, 2.45) is 0 Å². The fourth-order valence-electron chi connectivity index (χ4n) is 2.43. The van der Waals surface area contributed by atoms with Gasteiger partial charge in [-0.3, -0.25) is 0 Å². The van der Waals surface area contributed by atoms with Crippen LogP contribution in [0.3, 0.4) is 0 Å². The molecule has 0 radical (unpaired) electrons. The van der Waals surface area contributed by atoms with Gasteiger partial charge < -0.3 is 10.1 Å². The minimum Gasteiger partial charge on any atom is -0.375 e. The van der Waals surface area contributed by atoms with Crippen LogP contribution in [-0.2, 0) is 4.74 Å². The Kier molecular flexibility index (Phi) is 5.50. The average molecular weight is 225 g/mol. The van der Waals surface area contributed by atoms with Crippen molar-refractivity contribution in [3.63, 3.8) is 0 Å². The molecule has 0 amide bonds. The van der Waals surface area contributed by atoms with E-state index in [-0.39, 0.29) is 5.60 Å². The Labute approximate surface area is 100 Å². The smallest absolute Gasteiger partial charge is 0.0692 e. The van der Waals surface area contributed by atoms with E-state index in [9.17, 15) is 0 Å². The SMILES string of the molecule is C=C(C)CCNC1CCOC(CC)(CC)C1. The Morgan fingerprint density at radius 2 is 2.12 bits per heavy atom. The number of ether oxygens (including phenoxy) is 1. The average Bonchev–Trinajstić information content (AvgIpc) is 2.29. The van der Waals surface area contributed by atoms with Gasteiger partial charge in [0.05, 0.1) is 5.60 Å². The summed E-state index contributed by atoms with van der Waals surface area (Å²) < 4.78 is 5.96. The van der Waals surface area contributed by atoms with Crippen molar-refractivity contribution in [1.29, 1.82) is 0 Å². The monoisotopic (exact) mass is 225 g/mol. The molecule has 1 aliphatic heterocycles. The lowest BCUT2D eigenvalue weighted by Crippen LogP contribution is -2.46. The normalized spacial score (nSPS) is 24.3.